The fourth-order valence-electron chi connectivity index (χ4n) is 4.20. The number of carbonyl (C=O) groups is 1. The van der Waals surface area contributed by atoms with Gasteiger partial charge in [-0.2, -0.15) is 0 Å². The molecule has 3 N–H and O–H groups in total. The van der Waals surface area contributed by atoms with Gasteiger partial charge in [0.1, 0.15) is 12.2 Å². The van der Waals surface area contributed by atoms with Gasteiger partial charge in [0.15, 0.2) is 12.2 Å². The van der Waals surface area contributed by atoms with Crippen LogP contribution in [0, 0.1) is 0 Å². The molecular formula is C24H27N5O4. The molecule has 9 nitrogen and oxygen atoms in total. The molecule has 2 aromatic heterocycles. The maximum absolute atomic E-state index is 12.5. The lowest BCUT2D eigenvalue weighted by molar-refractivity contribution is 0.0188. The molecule has 1 aromatic carbocycles. The van der Waals surface area contributed by atoms with Gasteiger partial charge in [-0.25, -0.2) is 9.78 Å². The first-order chi connectivity index (χ1) is 16.2. The molecule has 2 aliphatic heterocycles. The smallest absolute Gasteiger partial charge is 0.407 e. The number of pyridine rings is 1. The molecule has 0 spiro atoms. The Morgan fingerprint density at radius 3 is 2.76 bits per heavy atom. The summed E-state index contributed by atoms with van der Waals surface area (Å²) in [6.07, 6.45) is 6.51. The Balaban J connectivity index is 1.15. The number of oxazole rings is 1. The first-order valence-corrected chi connectivity index (χ1v) is 11.2. The maximum atomic E-state index is 12.5. The monoisotopic (exact) mass is 449 g/mol. The number of ether oxygens (including phenoxy) is 1. The second kappa shape index (κ2) is 9.60. The summed E-state index contributed by atoms with van der Waals surface area (Å²) in [6, 6.07) is 9.78. The molecule has 0 bridgehead atoms. The van der Waals surface area contributed by atoms with Gasteiger partial charge in [0.25, 0.3) is 0 Å². The summed E-state index contributed by atoms with van der Waals surface area (Å²) < 4.78 is 10.9. The van der Waals surface area contributed by atoms with Crippen LogP contribution in [0.4, 0.5) is 10.5 Å². The van der Waals surface area contributed by atoms with Crippen molar-refractivity contribution >= 4 is 11.8 Å². The van der Waals surface area contributed by atoms with Crippen LogP contribution < -0.4 is 15.5 Å². The third-order valence-electron chi connectivity index (χ3n) is 6.17. The zero-order valence-corrected chi connectivity index (χ0v) is 18.2. The van der Waals surface area contributed by atoms with Crippen molar-refractivity contribution in [3.8, 4) is 11.3 Å². The fourth-order valence-corrected chi connectivity index (χ4v) is 4.20. The highest BCUT2D eigenvalue weighted by atomic mass is 16.6. The van der Waals surface area contributed by atoms with Gasteiger partial charge in [0, 0.05) is 37.9 Å². The normalized spacial score (nSPS) is 22.1. The number of β-amino-alcohol motifs (C(OH)–C–C–N with tert-alkyl or cyclic N) is 1. The predicted octanol–water partition coefficient (Wildman–Crippen LogP) is 2.12. The van der Waals surface area contributed by atoms with Crippen LogP contribution in [0.1, 0.15) is 17.5 Å². The molecule has 2 saturated heterocycles. The van der Waals surface area contributed by atoms with Crippen molar-refractivity contribution in [2.75, 3.05) is 24.5 Å². The number of aliphatic hydroxyl groups excluding tert-OH is 1. The minimum atomic E-state index is -0.759. The van der Waals surface area contributed by atoms with E-state index in [9.17, 15) is 9.90 Å². The van der Waals surface area contributed by atoms with Crippen LogP contribution in [0.5, 0.6) is 0 Å². The van der Waals surface area contributed by atoms with Crippen molar-refractivity contribution in [1.29, 1.82) is 0 Å². The number of rotatable bonds is 7. The Morgan fingerprint density at radius 2 is 2.03 bits per heavy atom. The molecule has 5 rings (SSSR count). The summed E-state index contributed by atoms with van der Waals surface area (Å²) in [5.41, 5.74) is 3.98. The van der Waals surface area contributed by atoms with Crippen molar-refractivity contribution in [3.63, 3.8) is 0 Å². The first-order valence-electron chi connectivity index (χ1n) is 11.2. The number of nitrogens with zero attached hydrogens (tertiary/aromatic N) is 3. The average Bonchev–Trinajstić information content (AvgIpc) is 3.44. The number of hydrogen-bond donors (Lipinski definition) is 3. The van der Waals surface area contributed by atoms with Crippen molar-refractivity contribution in [3.05, 3.63) is 66.4 Å². The van der Waals surface area contributed by atoms with Gasteiger partial charge in [-0.15, -0.1) is 0 Å². The third-order valence-corrected chi connectivity index (χ3v) is 6.17. The topological polar surface area (TPSA) is 113 Å². The number of anilines is 1. The summed E-state index contributed by atoms with van der Waals surface area (Å²) in [4.78, 5) is 22.9. The van der Waals surface area contributed by atoms with E-state index in [2.05, 4.69) is 25.5 Å². The molecule has 2 aliphatic rings. The van der Waals surface area contributed by atoms with Crippen LogP contribution in [0.15, 0.2) is 59.7 Å². The van der Waals surface area contributed by atoms with Crippen LogP contribution >= 0.6 is 0 Å². The number of aliphatic hydroxyl groups is 1. The van der Waals surface area contributed by atoms with Gasteiger partial charge < -0.3 is 29.8 Å². The summed E-state index contributed by atoms with van der Waals surface area (Å²) >= 11 is 0. The zero-order valence-electron chi connectivity index (χ0n) is 18.2. The molecule has 172 valence electrons. The van der Waals surface area contributed by atoms with E-state index < -0.39 is 18.3 Å². The van der Waals surface area contributed by atoms with Crippen molar-refractivity contribution < 1.29 is 19.1 Å². The molecule has 2 fully saturated rings. The van der Waals surface area contributed by atoms with Gasteiger partial charge >= 0.3 is 6.09 Å². The Labute approximate surface area is 191 Å². The summed E-state index contributed by atoms with van der Waals surface area (Å²) in [5.74, 6) is 0.708. The number of aromatic nitrogens is 2. The summed E-state index contributed by atoms with van der Waals surface area (Å²) in [7, 11) is 0. The second-order valence-corrected chi connectivity index (χ2v) is 8.46. The van der Waals surface area contributed by atoms with Gasteiger partial charge in [-0.05, 0) is 30.0 Å². The highest BCUT2D eigenvalue weighted by Crippen LogP contribution is 2.22. The molecule has 9 heteroatoms. The highest BCUT2D eigenvalue weighted by molar-refractivity contribution is 5.67. The first kappa shape index (κ1) is 21.4. The molecule has 0 aliphatic carbocycles. The van der Waals surface area contributed by atoms with E-state index >= 15 is 0 Å². The standard InChI is InChI=1S/C24H27N5O4/c30-21-13-27-20(9-16-2-4-18(5-3-16)22-14-26-15-32-22)23(21)33-24(31)28-11-17-8-19(12-25-10-17)29-6-1-7-29/h2-5,8,10,12,14-15,20-21,23,27,30H,1,6-7,9,11,13H2,(H,28,31)/t20-,21+,23+/m1/s1. The molecule has 1 amide bonds. The van der Waals surface area contributed by atoms with E-state index in [1.165, 1.54) is 12.8 Å². The van der Waals surface area contributed by atoms with Gasteiger partial charge in [0.2, 0.25) is 0 Å². The number of hydrogen-bond acceptors (Lipinski definition) is 8. The fraction of sp³-hybridized carbons (Fsp3) is 0.375. The Bertz CT molecular complexity index is 1070. The van der Waals surface area contributed by atoms with Crippen molar-refractivity contribution in [2.24, 2.45) is 0 Å². The second-order valence-electron chi connectivity index (χ2n) is 8.46. The number of alkyl carbamates (subject to hydrolysis) is 1. The lowest BCUT2D eigenvalue weighted by atomic mass is 10.00. The third kappa shape index (κ3) is 4.99. The van der Waals surface area contributed by atoms with E-state index in [0.29, 0.717) is 25.3 Å². The largest absolute Gasteiger partial charge is 0.444 e. The molecule has 3 aromatic rings. The molecule has 33 heavy (non-hydrogen) atoms. The van der Waals surface area contributed by atoms with Gasteiger partial charge in [0.05, 0.1) is 24.1 Å². The Hall–Kier alpha value is -3.43. The maximum Gasteiger partial charge on any atom is 0.407 e. The molecule has 4 heterocycles. The van der Waals surface area contributed by atoms with E-state index in [-0.39, 0.29) is 6.04 Å². The lowest BCUT2D eigenvalue weighted by Gasteiger charge is -2.33. The van der Waals surface area contributed by atoms with E-state index in [0.717, 1.165) is 35.5 Å². The number of nitrogens with one attached hydrogen (secondary N) is 2. The zero-order chi connectivity index (χ0) is 22.6. The quantitative estimate of drug-likeness (QED) is 0.503. The SMILES string of the molecule is O=C(NCc1cncc(N2CCC2)c1)O[C@@H]1[C@@H](O)CN[C@@H]1Cc1ccc(-c2cnco2)cc1. The van der Waals surface area contributed by atoms with Gasteiger partial charge in [-0.1, -0.05) is 24.3 Å². The minimum absolute atomic E-state index is 0.182. The highest BCUT2D eigenvalue weighted by Gasteiger charge is 2.37. The van der Waals surface area contributed by atoms with Gasteiger partial charge in [-0.3, -0.25) is 4.98 Å². The lowest BCUT2D eigenvalue weighted by Crippen LogP contribution is -2.41. The van der Waals surface area contributed by atoms with E-state index in [1.54, 1.807) is 12.4 Å². The molecule has 0 unspecified atom stereocenters. The Kier molecular flexibility index (Phi) is 6.23. The van der Waals surface area contributed by atoms with Crippen LogP contribution in [0.2, 0.25) is 0 Å². The van der Waals surface area contributed by atoms with Crippen LogP contribution in [-0.2, 0) is 17.7 Å². The molecule has 0 saturated carbocycles. The number of benzene rings is 1. The number of amides is 1. The molecule has 0 radical (unpaired) electrons. The summed E-state index contributed by atoms with van der Waals surface area (Å²) in [6.45, 7) is 2.77. The Morgan fingerprint density at radius 1 is 1.18 bits per heavy atom. The van der Waals surface area contributed by atoms with Crippen molar-refractivity contribution in [2.45, 2.75) is 37.6 Å². The number of carbonyl (C=O) groups excluding carboxylic acids is 1. The average molecular weight is 450 g/mol. The van der Waals surface area contributed by atoms with Crippen LogP contribution in [-0.4, -0.2) is 59.1 Å². The van der Waals surface area contributed by atoms with Crippen LogP contribution in [0.25, 0.3) is 11.3 Å². The minimum Gasteiger partial charge on any atom is -0.444 e. The molecular weight excluding hydrogens is 422 g/mol. The van der Waals surface area contributed by atoms with Crippen LogP contribution in [0.3, 0.4) is 0 Å². The van der Waals surface area contributed by atoms with E-state index in [1.807, 2.05) is 36.5 Å². The summed E-state index contributed by atoms with van der Waals surface area (Å²) in [5, 5.41) is 16.4. The predicted molar refractivity (Wildman–Crippen MR) is 122 cm³/mol. The molecule has 3 atom stereocenters. The van der Waals surface area contributed by atoms with E-state index in [4.69, 9.17) is 9.15 Å². The van der Waals surface area contributed by atoms with Crippen molar-refractivity contribution in [1.82, 2.24) is 20.6 Å².